The number of ether oxygens (including phenoxy) is 1. The Kier molecular flexibility index (Phi) is 8.27. The molecule has 0 spiro atoms. The van der Waals surface area contributed by atoms with Crippen LogP contribution >= 0.6 is 12.2 Å². The second-order valence-electron chi connectivity index (χ2n) is 4.26. The summed E-state index contributed by atoms with van der Waals surface area (Å²) in [5, 5.41) is 0. The van der Waals surface area contributed by atoms with E-state index in [1.807, 2.05) is 32.8 Å². The van der Waals surface area contributed by atoms with Crippen LogP contribution in [0.1, 0.15) is 25.0 Å². The maximum Gasteiger partial charge on any atom is 0.416 e. The molecule has 3 nitrogen and oxygen atoms in total. The van der Waals surface area contributed by atoms with E-state index >= 15 is 0 Å². The number of hydrogen-bond acceptors (Lipinski definition) is 3. The molecule has 7 heteroatoms. The highest BCUT2D eigenvalue weighted by atomic mass is 32.1. The molecule has 0 aliphatic carbocycles. The molecule has 1 aromatic carbocycles. The van der Waals surface area contributed by atoms with Crippen LogP contribution in [0.2, 0.25) is 0 Å². The molecule has 0 fully saturated rings. The van der Waals surface area contributed by atoms with Crippen molar-refractivity contribution in [1.82, 2.24) is 4.90 Å². The third kappa shape index (κ3) is 7.29. The summed E-state index contributed by atoms with van der Waals surface area (Å²) in [5.41, 5.74) is 4.69. The first-order valence-corrected chi connectivity index (χ1v) is 6.90. The molecule has 0 aromatic heterocycles. The average molecular weight is 322 g/mol. The van der Waals surface area contributed by atoms with Crippen molar-refractivity contribution >= 4 is 17.2 Å². The van der Waals surface area contributed by atoms with Gasteiger partial charge in [-0.25, -0.2) is 0 Å². The molecule has 0 aliphatic rings. The molecule has 1 aromatic rings. The van der Waals surface area contributed by atoms with E-state index in [9.17, 15) is 13.2 Å². The van der Waals surface area contributed by atoms with E-state index in [4.69, 9.17) is 22.7 Å². The SMILES string of the molecule is CC.CN(C)CCOc1cc(C(N)=S)cc(C(F)(F)F)c1. The highest BCUT2D eigenvalue weighted by Crippen LogP contribution is 2.32. The van der Waals surface area contributed by atoms with Crippen molar-refractivity contribution in [2.24, 2.45) is 5.73 Å². The van der Waals surface area contributed by atoms with E-state index in [0.29, 0.717) is 6.54 Å². The van der Waals surface area contributed by atoms with Crippen LogP contribution in [0, 0.1) is 0 Å². The molecule has 0 saturated heterocycles. The molecule has 0 atom stereocenters. The lowest BCUT2D eigenvalue weighted by Crippen LogP contribution is -2.20. The minimum atomic E-state index is -4.46. The van der Waals surface area contributed by atoms with Gasteiger partial charge >= 0.3 is 6.18 Å². The second-order valence-corrected chi connectivity index (χ2v) is 4.70. The van der Waals surface area contributed by atoms with Crippen LogP contribution in [0.15, 0.2) is 18.2 Å². The Balaban J connectivity index is 0.00000191. The van der Waals surface area contributed by atoms with Crippen LogP contribution in [0.4, 0.5) is 13.2 Å². The van der Waals surface area contributed by atoms with Crippen LogP contribution in [-0.2, 0) is 6.18 Å². The fourth-order valence-corrected chi connectivity index (χ4v) is 1.45. The Hall–Kier alpha value is -1.34. The normalized spacial score (nSPS) is 10.9. The Labute approximate surface area is 128 Å². The minimum Gasteiger partial charge on any atom is -0.492 e. The molecular formula is C14H21F3N2OS. The van der Waals surface area contributed by atoms with E-state index in [1.165, 1.54) is 6.07 Å². The standard InChI is InChI=1S/C12H15F3N2OS.C2H6/c1-17(2)3-4-18-10-6-8(11(16)19)5-9(7-10)12(13,14)15;1-2/h5-7H,3-4H2,1-2H3,(H2,16,19);1-2H3. The van der Waals surface area contributed by atoms with Crippen LogP contribution < -0.4 is 10.5 Å². The number of likely N-dealkylation sites (N-methyl/N-ethyl adjacent to an activating group) is 1. The van der Waals surface area contributed by atoms with Gasteiger partial charge in [-0.15, -0.1) is 0 Å². The van der Waals surface area contributed by atoms with Crippen LogP contribution in [0.25, 0.3) is 0 Å². The highest BCUT2D eigenvalue weighted by molar-refractivity contribution is 7.80. The Morgan fingerprint density at radius 3 is 2.24 bits per heavy atom. The summed E-state index contributed by atoms with van der Waals surface area (Å²) in [6.45, 7) is 4.88. The van der Waals surface area contributed by atoms with Gasteiger partial charge < -0.3 is 15.4 Å². The van der Waals surface area contributed by atoms with Gasteiger partial charge in [-0.2, -0.15) is 13.2 Å². The summed E-state index contributed by atoms with van der Waals surface area (Å²) in [6, 6.07) is 3.27. The first kappa shape index (κ1) is 19.7. The Morgan fingerprint density at radius 2 is 1.81 bits per heavy atom. The van der Waals surface area contributed by atoms with Crippen molar-refractivity contribution in [3.63, 3.8) is 0 Å². The third-order valence-electron chi connectivity index (χ3n) is 2.33. The fraction of sp³-hybridized carbons (Fsp3) is 0.500. The summed E-state index contributed by atoms with van der Waals surface area (Å²) in [4.78, 5) is 1.77. The first-order chi connectivity index (χ1) is 9.70. The van der Waals surface area contributed by atoms with E-state index in [0.717, 1.165) is 12.1 Å². The van der Waals surface area contributed by atoms with Crippen LogP contribution in [-0.4, -0.2) is 37.1 Å². The van der Waals surface area contributed by atoms with E-state index in [2.05, 4.69) is 0 Å². The summed E-state index contributed by atoms with van der Waals surface area (Å²) in [7, 11) is 3.69. The van der Waals surface area contributed by atoms with Crippen molar-refractivity contribution in [2.75, 3.05) is 27.2 Å². The van der Waals surface area contributed by atoms with E-state index in [-0.39, 0.29) is 22.9 Å². The van der Waals surface area contributed by atoms with Gasteiger partial charge in [0.25, 0.3) is 0 Å². The smallest absolute Gasteiger partial charge is 0.416 e. The molecule has 0 bridgehead atoms. The first-order valence-electron chi connectivity index (χ1n) is 6.50. The predicted molar refractivity (Wildman–Crippen MR) is 82.7 cm³/mol. The van der Waals surface area contributed by atoms with Gasteiger partial charge in [0.05, 0.1) is 5.56 Å². The molecule has 21 heavy (non-hydrogen) atoms. The number of nitrogens with two attached hydrogens (primary N) is 1. The van der Waals surface area contributed by atoms with Crippen molar-refractivity contribution in [3.8, 4) is 5.75 Å². The van der Waals surface area contributed by atoms with Gasteiger partial charge in [-0.3, -0.25) is 0 Å². The summed E-state index contributed by atoms with van der Waals surface area (Å²) >= 11 is 4.70. The summed E-state index contributed by atoms with van der Waals surface area (Å²) in [6.07, 6.45) is -4.46. The number of nitrogens with zero attached hydrogens (tertiary/aromatic N) is 1. The lowest BCUT2D eigenvalue weighted by atomic mass is 10.1. The largest absolute Gasteiger partial charge is 0.492 e. The predicted octanol–water partition coefficient (Wildman–Crippen LogP) is 3.31. The zero-order valence-electron chi connectivity index (χ0n) is 12.6. The Bertz CT molecular complexity index is 462. The van der Waals surface area contributed by atoms with Crippen molar-refractivity contribution < 1.29 is 17.9 Å². The van der Waals surface area contributed by atoms with Crippen LogP contribution in [0.5, 0.6) is 5.75 Å². The van der Waals surface area contributed by atoms with Gasteiger partial charge in [0.15, 0.2) is 0 Å². The Morgan fingerprint density at radius 1 is 1.24 bits per heavy atom. The second kappa shape index (κ2) is 8.84. The molecule has 0 aliphatic heterocycles. The molecule has 0 amide bonds. The highest BCUT2D eigenvalue weighted by Gasteiger charge is 2.31. The molecule has 120 valence electrons. The molecular weight excluding hydrogens is 301 g/mol. The zero-order valence-corrected chi connectivity index (χ0v) is 13.4. The van der Waals surface area contributed by atoms with E-state index in [1.54, 1.807) is 0 Å². The number of rotatable bonds is 5. The minimum absolute atomic E-state index is 0.0939. The molecule has 0 heterocycles. The maximum absolute atomic E-state index is 12.7. The molecule has 0 saturated carbocycles. The average Bonchev–Trinajstić information content (AvgIpc) is 2.39. The monoisotopic (exact) mass is 322 g/mol. The fourth-order valence-electron chi connectivity index (χ4n) is 1.33. The molecule has 1 rings (SSSR count). The quantitative estimate of drug-likeness (QED) is 0.844. The lowest BCUT2D eigenvalue weighted by molar-refractivity contribution is -0.137. The topological polar surface area (TPSA) is 38.5 Å². The summed E-state index contributed by atoms with van der Waals surface area (Å²) in [5.74, 6) is 0.111. The maximum atomic E-state index is 12.7. The number of halogens is 3. The molecule has 0 unspecified atom stereocenters. The number of benzene rings is 1. The third-order valence-corrected chi connectivity index (χ3v) is 2.56. The van der Waals surface area contributed by atoms with Crippen molar-refractivity contribution in [3.05, 3.63) is 29.3 Å². The van der Waals surface area contributed by atoms with Crippen molar-refractivity contribution in [2.45, 2.75) is 20.0 Å². The van der Waals surface area contributed by atoms with Gasteiger partial charge in [0.2, 0.25) is 0 Å². The van der Waals surface area contributed by atoms with Gasteiger partial charge in [0.1, 0.15) is 17.3 Å². The number of hydrogen-bond donors (Lipinski definition) is 1. The molecule has 2 N–H and O–H groups in total. The van der Waals surface area contributed by atoms with E-state index < -0.39 is 11.7 Å². The van der Waals surface area contributed by atoms with Gasteiger partial charge in [0, 0.05) is 12.1 Å². The zero-order chi connectivity index (χ0) is 16.6. The number of alkyl halides is 3. The molecule has 0 radical (unpaired) electrons. The van der Waals surface area contributed by atoms with Gasteiger partial charge in [-0.1, -0.05) is 26.1 Å². The van der Waals surface area contributed by atoms with Gasteiger partial charge in [-0.05, 0) is 32.3 Å². The lowest BCUT2D eigenvalue weighted by Gasteiger charge is -2.14. The van der Waals surface area contributed by atoms with Crippen LogP contribution in [0.3, 0.4) is 0 Å². The number of thiocarbonyl (C=S) groups is 1. The summed E-state index contributed by atoms with van der Waals surface area (Å²) < 4.78 is 43.4. The van der Waals surface area contributed by atoms with Crippen molar-refractivity contribution in [1.29, 1.82) is 0 Å².